The van der Waals surface area contributed by atoms with E-state index in [1.54, 1.807) is 0 Å². The third kappa shape index (κ3) is 2.94. The Bertz CT molecular complexity index is 589. The minimum absolute atomic E-state index is 0.129. The van der Waals surface area contributed by atoms with Crippen molar-refractivity contribution in [1.82, 2.24) is 9.97 Å². The Morgan fingerprint density at radius 3 is 2.61 bits per heavy atom. The van der Waals surface area contributed by atoms with Crippen LogP contribution in [-0.4, -0.2) is 15.9 Å². The van der Waals surface area contributed by atoms with E-state index in [0.717, 1.165) is 6.07 Å². The Labute approximate surface area is 112 Å². The van der Waals surface area contributed by atoms with Gasteiger partial charge in [0.1, 0.15) is 11.0 Å². The Hall–Kier alpha value is -1.72. The maximum Gasteiger partial charge on any atom is 0.259 e. The number of benzene rings is 1. The zero-order valence-electron chi connectivity index (χ0n) is 8.82. The molecular formula is C11H6Cl2FN3O. The lowest BCUT2D eigenvalue weighted by molar-refractivity contribution is 0.102. The van der Waals surface area contributed by atoms with Crippen molar-refractivity contribution in [3.63, 3.8) is 0 Å². The minimum Gasteiger partial charge on any atom is -0.305 e. The number of nitrogens with zero attached hydrogens (tertiary/aromatic N) is 2. The zero-order valence-corrected chi connectivity index (χ0v) is 10.3. The maximum absolute atomic E-state index is 13.5. The van der Waals surface area contributed by atoms with Crippen molar-refractivity contribution in [2.24, 2.45) is 0 Å². The number of hydrogen-bond acceptors (Lipinski definition) is 3. The second-order valence-electron chi connectivity index (χ2n) is 3.30. The van der Waals surface area contributed by atoms with Gasteiger partial charge in [-0.1, -0.05) is 23.2 Å². The first kappa shape index (κ1) is 12.7. The molecule has 18 heavy (non-hydrogen) atoms. The van der Waals surface area contributed by atoms with Crippen molar-refractivity contribution >= 4 is 34.9 Å². The topological polar surface area (TPSA) is 54.9 Å². The molecule has 2 rings (SSSR count). The normalized spacial score (nSPS) is 10.2. The molecule has 0 aliphatic carbocycles. The molecule has 0 bridgehead atoms. The van der Waals surface area contributed by atoms with E-state index in [4.69, 9.17) is 23.2 Å². The summed E-state index contributed by atoms with van der Waals surface area (Å²) in [4.78, 5) is 19.3. The first-order chi connectivity index (χ1) is 8.56. The number of nitrogens with one attached hydrogen (secondary N) is 1. The first-order valence-electron chi connectivity index (χ1n) is 4.80. The smallest absolute Gasteiger partial charge is 0.259 e. The fourth-order valence-corrected chi connectivity index (χ4v) is 1.49. The SMILES string of the molecule is O=C(Nc1cnc(Cl)cn1)c1ccc(Cl)cc1F. The third-order valence-electron chi connectivity index (χ3n) is 2.04. The van der Waals surface area contributed by atoms with Crippen molar-refractivity contribution in [3.8, 4) is 0 Å². The Balaban J connectivity index is 2.19. The number of amides is 1. The molecule has 0 saturated carbocycles. The molecular weight excluding hydrogens is 280 g/mol. The molecule has 7 heteroatoms. The highest BCUT2D eigenvalue weighted by molar-refractivity contribution is 6.30. The van der Waals surface area contributed by atoms with Crippen LogP contribution in [0, 0.1) is 5.82 Å². The molecule has 1 N–H and O–H groups in total. The summed E-state index contributed by atoms with van der Waals surface area (Å²) in [6.45, 7) is 0. The van der Waals surface area contributed by atoms with Gasteiger partial charge in [-0.25, -0.2) is 14.4 Å². The fraction of sp³-hybridized carbons (Fsp3) is 0. The second kappa shape index (κ2) is 5.29. The highest BCUT2D eigenvalue weighted by Gasteiger charge is 2.12. The lowest BCUT2D eigenvalue weighted by atomic mass is 10.2. The van der Waals surface area contributed by atoms with E-state index in [1.807, 2.05) is 0 Å². The van der Waals surface area contributed by atoms with Gasteiger partial charge in [0.05, 0.1) is 18.0 Å². The molecule has 0 fully saturated rings. The van der Waals surface area contributed by atoms with Crippen LogP contribution in [0.2, 0.25) is 10.2 Å². The van der Waals surface area contributed by atoms with Crippen LogP contribution in [0.1, 0.15) is 10.4 Å². The summed E-state index contributed by atoms with van der Waals surface area (Å²) >= 11 is 11.1. The average Bonchev–Trinajstić information content (AvgIpc) is 2.32. The quantitative estimate of drug-likeness (QED) is 0.922. The van der Waals surface area contributed by atoms with E-state index in [-0.39, 0.29) is 21.6 Å². The van der Waals surface area contributed by atoms with Crippen LogP contribution in [0.25, 0.3) is 0 Å². The summed E-state index contributed by atoms with van der Waals surface area (Å²) in [5.41, 5.74) is -0.129. The van der Waals surface area contributed by atoms with Gasteiger partial charge in [-0.3, -0.25) is 4.79 Å². The van der Waals surface area contributed by atoms with Crippen molar-refractivity contribution < 1.29 is 9.18 Å². The van der Waals surface area contributed by atoms with Gasteiger partial charge in [0.2, 0.25) is 0 Å². The molecule has 1 aromatic carbocycles. The van der Waals surface area contributed by atoms with E-state index < -0.39 is 11.7 Å². The van der Waals surface area contributed by atoms with Gasteiger partial charge in [-0.15, -0.1) is 0 Å². The molecule has 4 nitrogen and oxygen atoms in total. The number of carbonyl (C=O) groups excluding carboxylic acids is 1. The summed E-state index contributed by atoms with van der Waals surface area (Å²) < 4.78 is 13.5. The monoisotopic (exact) mass is 285 g/mol. The van der Waals surface area contributed by atoms with E-state index in [9.17, 15) is 9.18 Å². The van der Waals surface area contributed by atoms with Crippen LogP contribution in [0.15, 0.2) is 30.6 Å². The first-order valence-corrected chi connectivity index (χ1v) is 5.56. The van der Waals surface area contributed by atoms with E-state index in [0.29, 0.717) is 0 Å². The van der Waals surface area contributed by atoms with Crippen molar-refractivity contribution in [1.29, 1.82) is 0 Å². The van der Waals surface area contributed by atoms with Crippen molar-refractivity contribution in [2.45, 2.75) is 0 Å². The number of aromatic nitrogens is 2. The largest absolute Gasteiger partial charge is 0.305 e. The maximum atomic E-state index is 13.5. The lowest BCUT2D eigenvalue weighted by Crippen LogP contribution is -2.14. The van der Waals surface area contributed by atoms with Gasteiger partial charge in [0.15, 0.2) is 5.82 Å². The minimum atomic E-state index is -0.707. The molecule has 0 aliphatic rings. The van der Waals surface area contributed by atoms with Gasteiger partial charge >= 0.3 is 0 Å². The summed E-state index contributed by atoms with van der Waals surface area (Å²) in [7, 11) is 0. The molecule has 0 aliphatic heterocycles. The van der Waals surface area contributed by atoms with Crippen molar-refractivity contribution in [3.05, 3.63) is 52.1 Å². The Morgan fingerprint density at radius 1 is 1.22 bits per heavy atom. The predicted molar refractivity (Wildman–Crippen MR) is 66.4 cm³/mol. The molecule has 1 amide bonds. The highest BCUT2D eigenvalue weighted by atomic mass is 35.5. The second-order valence-corrected chi connectivity index (χ2v) is 4.13. The number of rotatable bonds is 2. The standard InChI is InChI=1S/C11H6Cl2FN3O/c12-6-1-2-7(8(14)3-6)11(18)17-10-5-15-9(13)4-16-10/h1-5H,(H,16,17,18). The molecule has 1 heterocycles. The Morgan fingerprint density at radius 2 is 2.00 bits per heavy atom. The van der Waals surface area contributed by atoms with Gasteiger partial charge < -0.3 is 5.32 Å². The summed E-state index contributed by atoms with van der Waals surface area (Å²) in [6, 6.07) is 3.77. The van der Waals surface area contributed by atoms with Crippen LogP contribution in [-0.2, 0) is 0 Å². The van der Waals surface area contributed by atoms with E-state index in [2.05, 4.69) is 15.3 Å². The average molecular weight is 286 g/mol. The summed E-state index contributed by atoms with van der Waals surface area (Å²) in [5, 5.41) is 2.81. The number of hydrogen-bond donors (Lipinski definition) is 1. The lowest BCUT2D eigenvalue weighted by Gasteiger charge is -2.05. The molecule has 0 saturated heterocycles. The third-order valence-corrected chi connectivity index (χ3v) is 2.47. The van der Waals surface area contributed by atoms with Crippen LogP contribution >= 0.6 is 23.2 Å². The zero-order chi connectivity index (χ0) is 13.1. The molecule has 1 aromatic heterocycles. The number of anilines is 1. The molecule has 0 spiro atoms. The number of halogens is 3. The van der Waals surface area contributed by atoms with Crippen LogP contribution in [0.4, 0.5) is 10.2 Å². The van der Waals surface area contributed by atoms with Crippen molar-refractivity contribution in [2.75, 3.05) is 5.32 Å². The molecule has 2 aromatic rings. The molecule has 92 valence electrons. The fourth-order valence-electron chi connectivity index (χ4n) is 1.23. The van der Waals surface area contributed by atoms with Gasteiger partial charge in [-0.05, 0) is 18.2 Å². The predicted octanol–water partition coefficient (Wildman–Crippen LogP) is 3.17. The van der Waals surface area contributed by atoms with Gasteiger partial charge in [-0.2, -0.15) is 0 Å². The summed E-state index contributed by atoms with van der Waals surface area (Å²) in [6.07, 6.45) is 2.55. The highest BCUT2D eigenvalue weighted by Crippen LogP contribution is 2.16. The summed E-state index contributed by atoms with van der Waals surface area (Å²) in [5.74, 6) is -1.17. The number of carbonyl (C=O) groups is 1. The van der Waals surface area contributed by atoms with Gasteiger partial charge in [0.25, 0.3) is 5.91 Å². The van der Waals surface area contributed by atoms with Crippen LogP contribution < -0.4 is 5.32 Å². The van der Waals surface area contributed by atoms with E-state index in [1.165, 1.54) is 24.5 Å². The molecule has 0 radical (unpaired) electrons. The van der Waals surface area contributed by atoms with Gasteiger partial charge in [0, 0.05) is 5.02 Å². The molecule has 0 unspecified atom stereocenters. The van der Waals surface area contributed by atoms with E-state index >= 15 is 0 Å². The van der Waals surface area contributed by atoms with Crippen LogP contribution in [0.5, 0.6) is 0 Å². The molecule has 0 atom stereocenters. The van der Waals surface area contributed by atoms with Crippen LogP contribution in [0.3, 0.4) is 0 Å². The Kier molecular flexibility index (Phi) is 3.74.